The molecule has 0 spiro atoms. The number of methoxy groups -OCH3 is 2. The molecule has 1 aromatic heterocycles. The van der Waals surface area contributed by atoms with Gasteiger partial charge < -0.3 is 19.5 Å². The molecule has 1 aromatic carbocycles. The molecule has 0 radical (unpaired) electrons. The second kappa shape index (κ2) is 7.74. The zero-order chi connectivity index (χ0) is 17.7. The number of carboxylic acids is 1. The number of pyridine rings is 1. The minimum Gasteiger partial charge on any atom is -0.497 e. The molecule has 0 saturated carbocycles. The van der Waals surface area contributed by atoms with Crippen LogP contribution in [-0.4, -0.2) is 60.8 Å². The normalized spacial score (nSPS) is 10.6. The molecule has 1 heterocycles. The van der Waals surface area contributed by atoms with Crippen LogP contribution in [0.15, 0.2) is 24.3 Å². The molecule has 2 rings (SSSR count). The molecule has 0 aliphatic heterocycles. The van der Waals surface area contributed by atoms with Crippen molar-refractivity contribution < 1.29 is 24.2 Å². The number of aliphatic carboxylic acids is 1. The van der Waals surface area contributed by atoms with E-state index < -0.39 is 5.97 Å². The second-order valence-electron chi connectivity index (χ2n) is 5.29. The van der Waals surface area contributed by atoms with Gasteiger partial charge in [0, 0.05) is 25.1 Å². The van der Waals surface area contributed by atoms with Crippen LogP contribution in [0.2, 0.25) is 0 Å². The zero-order valence-electron chi connectivity index (χ0n) is 13.9. The molecule has 7 heteroatoms. The van der Waals surface area contributed by atoms with E-state index in [1.807, 2.05) is 6.07 Å². The molecular formula is C17H20N2O5. The summed E-state index contributed by atoms with van der Waals surface area (Å²) in [5.74, 6) is -0.770. The van der Waals surface area contributed by atoms with E-state index in [1.165, 1.54) is 12.0 Å². The number of carbonyl (C=O) groups excluding carboxylic acids is 1. The third-order valence-corrected chi connectivity index (χ3v) is 3.62. The average molecular weight is 332 g/mol. The van der Waals surface area contributed by atoms with Gasteiger partial charge in [0.1, 0.15) is 12.3 Å². The van der Waals surface area contributed by atoms with Gasteiger partial charge in [0.2, 0.25) is 0 Å². The summed E-state index contributed by atoms with van der Waals surface area (Å²) in [7, 11) is 3.07. The van der Waals surface area contributed by atoms with Crippen molar-refractivity contribution in [2.24, 2.45) is 0 Å². The predicted octanol–water partition coefficient (Wildman–Crippen LogP) is 1.73. The third-order valence-electron chi connectivity index (χ3n) is 3.62. The van der Waals surface area contributed by atoms with E-state index in [2.05, 4.69) is 4.98 Å². The van der Waals surface area contributed by atoms with E-state index in [9.17, 15) is 9.59 Å². The zero-order valence-corrected chi connectivity index (χ0v) is 13.9. The lowest BCUT2D eigenvalue weighted by Crippen LogP contribution is -2.38. The van der Waals surface area contributed by atoms with E-state index in [4.69, 9.17) is 14.6 Å². The number of aryl methyl sites for hydroxylation is 1. The first-order valence-electron chi connectivity index (χ1n) is 7.41. The van der Waals surface area contributed by atoms with Gasteiger partial charge in [0.15, 0.2) is 0 Å². The number of hydrogen-bond acceptors (Lipinski definition) is 5. The lowest BCUT2D eigenvalue weighted by molar-refractivity contribution is -0.137. The Labute approximate surface area is 139 Å². The summed E-state index contributed by atoms with van der Waals surface area (Å²) in [6.45, 7) is 1.79. The fraction of sp³-hybridized carbons (Fsp3) is 0.353. The smallest absolute Gasteiger partial charge is 0.323 e. The van der Waals surface area contributed by atoms with Crippen molar-refractivity contribution in [3.05, 3.63) is 35.5 Å². The van der Waals surface area contributed by atoms with Gasteiger partial charge in [-0.1, -0.05) is 0 Å². The fourth-order valence-corrected chi connectivity index (χ4v) is 2.37. The molecule has 0 atom stereocenters. The maximum absolute atomic E-state index is 12.7. The number of hydrogen-bond donors (Lipinski definition) is 1. The summed E-state index contributed by atoms with van der Waals surface area (Å²) in [6.07, 6.45) is 0. The summed E-state index contributed by atoms with van der Waals surface area (Å²) in [4.78, 5) is 29.4. The highest BCUT2D eigenvalue weighted by Gasteiger charge is 2.21. The van der Waals surface area contributed by atoms with Gasteiger partial charge in [-0.25, -0.2) is 0 Å². The minimum absolute atomic E-state index is 0.196. The molecule has 24 heavy (non-hydrogen) atoms. The van der Waals surface area contributed by atoms with Gasteiger partial charge >= 0.3 is 5.97 Å². The molecule has 1 N–H and O–H groups in total. The molecule has 0 aliphatic rings. The van der Waals surface area contributed by atoms with Crippen LogP contribution in [0.25, 0.3) is 10.9 Å². The molecule has 2 aromatic rings. The Morgan fingerprint density at radius 1 is 1.25 bits per heavy atom. The van der Waals surface area contributed by atoms with E-state index in [0.717, 1.165) is 5.39 Å². The molecule has 0 saturated heterocycles. The molecule has 0 aliphatic carbocycles. The van der Waals surface area contributed by atoms with Crippen molar-refractivity contribution in [1.29, 1.82) is 0 Å². The topological polar surface area (TPSA) is 89.0 Å². The van der Waals surface area contributed by atoms with E-state index >= 15 is 0 Å². The molecular weight excluding hydrogens is 312 g/mol. The molecule has 0 fully saturated rings. The summed E-state index contributed by atoms with van der Waals surface area (Å²) in [6, 6.07) is 7.11. The first-order valence-corrected chi connectivity index (χ1v) is 7.41. The van der Waals surface area contributed by atoms with Crippen LogP contribution in [0.4, 0.5) is 0 Å². The highest BCUT2D eigenvalue weighted by Crippen LogP contribution is 2.22. The van der Waals surface area contributed by atoms with E-state index in [0.29, 0.717) is 22.5 Å². The summed E-state index contributed by atoms with van der Waals surface area (Å²) >= 11 is 0. The van der Waals surface area contributed by atoms with Crippen LogP contribution < -0.4 is 4.74 Å². The maximum Gasteiger partial charge on any atom is 0.323 e. The number of benzene rings is 1. The first kappa shape index (κ1) is 17.7. The third kappa shape index (κ3) is 3.99. The lowest BCUT2D eigenvalue weighted by Gasteiger charge is -2.21. The van der Waals surface area contributed by atoms with Crippen molar-refractivity contribution >= 4 is 22.8 Å². The van der Waals surface area contributed by atoms with Crippen LogP contribution in [0.5, 0.6) is 5.75 Å². The van der Waals surface area contributed by atoms with Crippen LogP contribution in [0.1, 0.15) is 16.1 Å². The van der Waals surface area contributed by atoms with Crippen molar-refractivity contribution in [3.8, 4) is 5.75 Å². The predicted molar refractivity (Wildman–Crippen MR) is 88.4 cm³/mol. The van der Waals surface area contributed by atoms with Crippen molar-refractivity contribution in [1.82, 2.24) is 9.88 Å². The van der Waals surface area contributed by atoms with Gasteiger partial charge in [0.05, 0.1) is 30.5 Å². The fourth-order valence-electron chi connectivity index (χ4n) is 2.37. The molecule has 7 nitrogen and oxygen atoms in total. The number of carbonyl (C=O) groups is 2. The van der Waals surface area contributed by atoms with Crippen LogP contribution >= 0.6 is 0 Å². The van der Waals surface area contributed by atoms with Crippen molar-refractivity contribution in [3.63, 3.8) is 0 Å². The Morgan fingerprint density at radius 2 is 2.00 bits per heavy atom. The molecule has 0 unspecified atom stereocenters. The van der Waals surface area contributed by atoms with Crippen LogP contribution in [0, 0.1) is 6.92 Å². The van der Waals surface area contributed by atoms with Gasteiger partial charge in [-0.05, 0) is 25.1 Å². The van der Waals surface area contributed by atoms with Crippen molar-refractivity contribution in [2.45, 2.75) is 6.92 Å². The first-order chi connectivity index (χ1) is 11.5. The highest BCUT2D eigenvalue weighted by molar-refractivity contribution is 5.99. The van der Waals surface area contributed by atoms with E-state index in [1.54, 1.807) is 32.2 Å². The number of aromatic nitrogens is 1. The number of fused-ring (bicyclic) bond motifs is 1. The minimum atomic E-state index is -1.07. The Balaban J connectivity index is 2.39. The standard InChI is InChI=1S/C17H20N2O5/c1-11-14(17(22)19(6-7-23-2)10-16(20)21)8-12-4-5-13(24-3)9-15(12)18-11/h4-5,8-9H,6-7,10H2,1-3H3,(H,20,21). The summed E-state index contributed by atoms with van der Waals surface area (Å²) < 4.78 is 10.1. The highest BCUT2D eigenvalue weighted by atomic mass is 16.5. The van der Waals surface area contributed by atoms with Crippen LogP contribution in [0.3, 0.4) is 0 Å². The lowest BCUT2D eigenvalue weighted by atomic mass is 10.1. The SMILES string of the molecule is COCCN(CC(=O)O)C(=O)c1cc2ccc(OC)cc2nc1C. The number of amides is 1. The Bertz CT molecular complexity index is 760. The van der Waals surface area contributed by atoms with Gasteiger partial charge in [-0.3, -0.25) is 14.6 Å². The Hall–Kier alpha value is -2.67. The number of ether oxygens (including phenoxy) is 2. The van der Waals surface area contributed by atoms with Crippen molar-refractivity contribution in [2.75, 3.05) is 33.9 Å². The summed E-state index contributed by atoms with van der Waals surface area (Å²) in [5.41, 5.74) is 1.63. The Morgan fingerprint density at radius 3 is 2.62 bits per heavy atom. The molecule has 128 valence electrons. The van der Waals surface area contributed by atoms with Gasteiger partial charge in [-0.15, -0.1) is 0 Å². The maximum atomic E-state index is 12.7. The number of carboxylic acid groups (broad SMARTS) is 1. The largest absolute Gasteiger partial charge is 0.497 e. The Kier molecular flexibility index (Phi) is 5.70. The second-order valence-corrected chi connectivity index (χ2v) is 5.29. The quantitative estimate of drug-likeness (QED) is 0.830. The monoisotopic (exact) mass is 332 g/mol. The molecule has 1 amide bonds. The average Bonchev–Trinajstić information content (AvgIpc) is 2.56. The van der Waals surface area contributed by atoms with Crippen LogP contribution in [-0.2, 0) is 9.53 Å². The van der Waals surface area contributed by atoms with Gasteiger partial charge in [0.25, 0.3) is 5.91 Å². The van der Waals surface area contributed by atoms with Gasteiger partial charge in [-0.2, -0.15) is 0 Å². The molecule has 0 bridgehead atoms. The number of nitrogens with zero attached hydrogens (tertiary/aromatic N) is 2. The van der Waals surface area contributed by atoms with E-state index in [-0.39, 0.29) is 25.6 Å². The summed E-state index contributed by atoms with van der Waals surface area (Å²) in [5, 5.41) is 9.80. The number of rotatable bonds is 7.